The van der Waals surface area contributed by atoms with Crippen LogP contribution in [0.5, 0.6) is 0 Å². The number of hydrogen-bond acceptors (Lipinski definition) is 7. The Kier molecular flexibility index (Phi) is 17.1. The Morgan fingerprint density at radius 2 is 0.821 bits per heavy atom. The van der Waals surface area contributed by atoms with Crippen molar-refractivity contribution < 1.29 is 0 Å². The van der Waals surface area contributed by atoms with Gasteiger partial charge in [0.1, 0.15) is 0 Å². The second kappa shape index (κ2) is 20.4. The van der Waals surface area contributed by atoms with Crippen molar-refractivity contribution in [3.05, 3.63) is 48.5 Å². The number of anilines is 4. The maximum absolute atomic E-state index is 6.43. The maximum atomic E-state index is 6.43. The van der Waals surface area contributed by atoms with Gasteiger partial charge in [-0.25, -0.2) is 11.7 Å². The lowest BCUT2D eigenvalue weighted by molar-refractivity contribution is 0.265. The van der Waals surface area contributed by atoms with Gasteiger partial charge in [-0.1, -0.05) is 128 Å². The highest BCUT2D eigenvalue weighted by molar-refractivity contribution is 5.67. The summed E-state index contributed by atoms with van der Waals surface area (Å²) in [6, 6.07) is 15.4. The lowest BCUT2D eigenvalue weighted by atomic mass is 10.0. The smallest absolute Gasteiger partial charge is 0.0876 e. The van der Waals surface area contributed by atoms with Crippen molar-refractivity contribution in [1.82, 2.24) is 4.90 Å². The van der Waals surface area contributed by atoms with Crippen LogP contribution in [0.3, 0.4) is 0 Å². The minimum atomic E-state index is 0.521. The molecule has 0 aliphatic heterocycles. The first-order valence-corrected chi connectivity index (χ1v) is 15.5. The highest BCUT2D eigenvalue weighted by Crippen LogP contribution is 2.22. The molecule has 7 heteroatoms. The average Bonchev–Trinajstić information content (AvgIpc) is 2.93. The molecule has 0 unspecified atom stereocenters. The topological polar surface area (TPSA) is 114 Å². The van der Waals surface area contributed by atoms with Crippen LogP contribution in [-0.4, -0.2) is 24.8 Å². The molecule has 2 aromatic rings. The third-order valence-electron chi connectivity index (χ3n) is 7.52. The molecule has 2 rings (SSSR count). The van der Waals surface area contributed by atoms with Gasteiger partial charge >= 0.3 is 0 Å². The zero-order valence-corrected chi connectivity index (χ0v) is 24.7. The van der Waals surface area contributed by atoms with Crippen molar-refractivity contribution in [3.63, 3.8) is 0 Å². The molecule has 2 aromatic carbocycles. The standard InChI is InChI=1S/C32H57N7/c1-2-3-4-5-6-7-8-9-10-11-12-13-14-15-16-21-26-37(27-38(35)31-24-19-17-22-29(31)33)28-39(36)32-25-20-18-23-30(32)34/h17-20,22-25H,2-16,21,26-28,33-36H2,1H3. The minimum Gasteiger partial charge on any atom is -0.397 e. The minimum absolute atomic E-state index is 0.521. The molecule has 0 heterocycles. The number of para-hydroxylation sites is 4. The Labute approximate surface area is 238 Å². The van der Waals surface area contributed by atoms with Crippen LogP contribution in [-0.2, 0) is 0 Å². The van der Waals surface area contributed by atoms with E-state index in [0.717, 1.165) is 24.3 Å². The fourth-order valence-electron chi connectivity index (χ4n) is 5.15. The molecule has 0 bridgehead atoms. The molecule has 0 atom stereocenters. The Morgan fingerprint density at radius 1 is 0.487 bits per heavy atom. The molecule has 39 heavy (non-hydrogen) atoms. The van der Waals surface area contributed by atoms with Crippen LogP contribution in [0.1, 0.15) is 110 Å². The predicted octanol–water partition coefficient (Wildman–Crippen LogP) is 7.39. The second-order valence-corrected chi connectivity index (χ2v) is 11.0. The van der Waals surface area contributed by atoms with Gasteiger partial charge in [0.15, 0.2) is 0 Å². The summed E-state index contributed by atoms with van der Waals surface area (Å²) < 4.78 is 0. The van der Waals surface area contributed by atoms with Crippen LogP contribution in [0, 0.1) is 0 Å². The van der Waals surface area contributed by atoms with Crippen molar-refractivity contribution in [1.29, 1.82) is 0 Å². The highest BCUT2D eigenvalue weighted by atomic mass is 15.5. The van der Waals surface area contributed by atoms with E-state index >= 15 is 0 Å². The van der Waals surface area contributed by atoms with Crippen LogP contribution in [0.25, 0.3) is 0 Å². The molecule has 220 valence electrons. The SMILES string of the molecule is CCCCCCCCCCCCCCCCCCN(CN(N)c1ccccc1N)CN(N)c1ccccc1N. The van der Waals surface area contributed by atoms with E-state index in [-0.39, 0.29) is 0 Å². The molecular formula is C32H57N7. The number of nitrogens with two attached hydrogens (primary N) is 4. The number of hydrogen-bond donors (Lipinski definition) is 4. The molecule has 8 N–H and O–H groups in total. The van der Waals surface area contributed by atoms with Crippen molar-refractivity contribution in [2.24, 2.45) is 11.7 Å². The predicted molar refractivity (Wildman–Crippen MR) is 171 cm³/mol. The summed E-state index contributed by atoms with van der Waals surface area (Å²) in [6.45, 7) is 4.23. The normalized spacial score (nSPS) is 11.3. The molecule has 0 fully saturated rings. The van der Waals surface area contributed by atoms with Gasteiger partial charge in [0.05, 0.1) is 36.1 Å². The van der Waals surface area contributed by atoms with Gasteiger partial charge in [0.2, 0.25) is 0 Å². The monoisotopic (exact) mass is 539 g/mol. The number of nitrogens with zero attached hydrogens (tertiary/aromatic N) is 3. The van der Waals surface area contributed by atoms with Gasteiger partial charge in [-0.15, -0.1) is 0 Å². The molecule has 7 nitrogen and oxygen atoms in total. The molecule has 0 aliphatic carbocycles. The molecule has 0 aromatic heterocycles. The van der Waals surface area contributed by atoms with E-state index in [1.807, 2.05) is 48.5 Å². The third-order valence-corrected chi connectivity index (χ3v) is 7.52. The Balaban J connectivity index is 1.65. The molecular weight excluding hydrogens is 482 g/mol. The zero-order valence-electron chi connectivity index (χ0n) is 24.7. The summed E-state index contributed by atoms with van der Waals surface area (Å²) in [5.74, 6) is 12.9. The summed E-state index contributed by atoms with van der Waals surface area (Å²) in [6.07, 6.45) is 21.8. The van der Waals surface area contributed by atoms with E-state index in [1.54, 1.807) is 10.0 Å². The van der Waals surface area contributed by atoms with Crippen LogP contribution in [0.2, 0.25) is 0 Å². The Bertz CT molecular complexity index is 822. The van der Waals surface area contributed by atoms with Crippen molar-refractivity contribution in [2.75, 3.05) is 41.4 Å². The van der Waals surface area contributed by atoms with Gasteiger partial charge in [0, 0.05) is 6.54 Å². The van der Waals surface area contributed by atoms with Gasteiger partial charge in [-0.3, -0.25) is 14.9 Å². The number of rotatable bonds is 23. The van der Waals surface area contributed by atoms with E-state index in [2.05, 4.69) is 11.8 Å². The summed E-state index contributed by atoms with van der Waals surface area (Å²) >= 11 is 0. The number of benzene rings is 2. The van der Waals surface area contributed by atoms with E-state index in [1.165, 1.54) is 96.3 Å². The van der Waals surface area contributed by atoms with E-state index in [0.29, 0.717) is 24.7 Å². The third kappa shape index (κ3) is 13.9. The maximum Gasteiger partial charge on any atom is 0.0876 e. The first-order chi connectivity index (χ1) is 19.0. The van der Waals surface area contributed by atoms with Gasteiger partial charge < -0.3 is 11.5 Å². The Morgan fingerprint density at radius 3 is 1.18 bits per heavy atom. The van der Waals surface area contributed by atoms with Crippen LogP contribution >= 0.6 is 0 Å². The van der Waals surface area contributed by atoms with Crippen molar-refractivity contribution in [3.8, 4) is 0 Å². The summed E-state index contributed by atoms with van der Waals surface area (Å²) in [5.41, 5.74) is 15.3. The summed E-state index contributed by atoms with van der Waals surface area (Å²) in [5, 5.41) is 3.40. The lowest BCUT2D eigenvalue weighted by Gasteiger charge is -2.33. The molecule has 0 saturated heterocycles. The van der Waals surface area contributed by atoms with E-state index < -0.39 is 0 Å². The highest BCUT2D eigenvalue weighted by Gasteiger charge is 2.15. The van der Waals surface area contributed by atoms with Crippen LogP contribution in [0.4, 0.5) is 22.7 Å². The molecule has 0 radical (unpaired) electrons. The van der Waals surface area contributed by atoms with Crippen LogP contribution in [0.15, 0.2) is 48.5 Å². The zero-order chi connectivity index (χ0) is 28.1. The van der Waals surface area contributed by atoms with Gasteiger partial charge in [-0.05, 0) is 30.7 Å². The fraction of sp³-hybridized carbons (Fsp3) is 0.625. The lowest BCUT2D eigenvalue weighted by Crippen LogP contribution is -2.49. The summed E-state index contributed by atoms with van der Waals surface area (Å²) in [4.78, 5) is 2.25. The summed E-state index contributed by atoms with van der Waals surface area (Å²) in [7, 11) is 0. The number of unbranched alkanes of at least 4 members (excludes halogenated alkanes) is 15. The first kappa shape index (κ1) is 32.7. The van der Waals surface area contributed by atoms with Gasteiger partial charge in [0.25, 0.3) is 0 Å². The van der Waals surface area contributed by atoms with Crippen molar-refractivity contribution in [2.45, 2.75) is 110 Å². The molecule has 0 aliphatic rings. The molecule has 0 amide bonds. The van der Waals surface area contributed by atoms with E-state index in [9.17, 15) is 0 Å². The molecule has 0 spiro atoms. The quantitative estimate of drug-likeness (QED) is 0.0383. The average molecular weight is 540 g/mol. The van der Waals surface area contributed by atoms with Crippen LogP contribution < -0.4 is 33.2 Å². The number of nitrogen functional groups attached to an aromatic ring is 2. The fourth-order valence-corrected chi connectivity index (χ4v) is 5.15. The Hall–Kier alpha value is -2.48. The van der Waals surface area contributed by atoms with Gasteiger partial charge in [-0.2, -0.15) is 0 Å². The molecule has 0 saturated carbocycles. The van der Waals surface area contributed by atoms with E-state index in [4.69, 9.17) is 23.2 Å². The first-order valence-electron chi connectivity index (χ1n) is 15.5. The number of hydrazine groups is 2. The largest absolute Gasteiger partial charge is 0.397 e. The second-order valence-electron chi connectivity index (χ2n) is 11.0. The van der Waals surface area contributed by atoms with Crippen molar-refractivity contribution >= 4 is 22.7 Å².